The van der Waals surface area contributed by atoms with E-state index in [1.165, 1.54) is 76.2 Å². The third-order valence-electron chi connectivity index (χ3n) is 6.81. The van der Waals surface area contributed by atoms with Crippen LogP contribution in [-0.4, -0.2) is 0 Å². The average molecular weight is 336 g/mol. The fourth-order valence-electron chi connectivity index (χ4n) is 5.08. The van der Waals surface area contributed by atoms with Gasteiger partial charge in [-0.05, 0) is 86.3 Å². The molecule has 3 rings (SSSR count). The summed E-state index contributed by atoms with van der Waals surface area (Å²) in [6.07, 6.45) is 17.5. The van der Waals surface area contributed by atoms with Gasteiger partial charge in [0.25, 0.3) is 0 Å². The number of hydrogen-bond acceptors (Lipinski definition) is 1. The Kier molecular flexibility index (Phi) is 6.74. The molecule has 0 saturated heterocycles. The Balaban J connectivity index is 1.37. The Morgan fingerprint density at radius 2 is 1.36 bits per heavy atom. The molecule has 0 aromatic heterocycles. The lowest BCUT2D eigenvalue weighted by Gasteiger charge is -2.32. The second kappa shape index (κ2) is 9.23. The van der Waals surface area contributed by atoms with Crippen molar-refractivity contribution in [3.05, 3.63) is 48.0 Å². The van der Waals surface area contributed by atoms with E-state index in [9.17, 15) is 0 Å². The SMILES string of the molecule is C=CCC1CCC(CCC2CCC(c3ccc(C#N)cc3)CC2)CC1. The summed E-state index contributed by atoms with van der Waals surface area (Å²) >= 11 is 0. The van der Waals surface area contributed by atoms with Crippen LogP contribution < -0.4 is 0 Å². The number of nitrogens with zero attached hydrogens (tertiary/aromatic N) is 1. The molecule has 1 heteroatoms. The summed E-state index contributed by atoms with van der Waals surface area (Å²) in [5.74, 6) is 3.60. The van der Waals surface area contributed by atoms with Gasteiger partial charge in [-0.1, -0.05) is 43.9 Å². The lowest BCUT2D eigenvalue weighted by Crippen LogP contribution is -2.17. The minimum Gasteiger partial charge on any atom is -0.192 e. The van der Waals surface area contributed by atoms with Gasteiger partial charge in [0.1, 0.15) is 0 Å². The Morgan fingerprint density at radius 1 is 0.840 bits per heavy atom. The van der Waals surface area contributed by atoms with E-state index in [0.29, 0.717) is 0 Å². The van der Waals surface area contributed by atoms with Crippen LogP contribution in [0.5, 0.6) is 0 Å². The molecule has 0 N–H and O–H groups in total. The van der Waals surface area contributed by atoms with Crippen molar-refractivity contribution in [2.45, 2.75) is 76.5 Å². The van der Waals surface area contributed by atoms with Crippen LogP contribution in [0.3, 0.4) is 0 Å². The first-order valence-corrected chi connectivity index (χ1v) is 10.4. The first-order chi connectivity index (χ1) is 12.3. The summed E-state index contributed by atoms with van der Waals surface area (Å²) in [4.78, 5) is 0. The Hall–Kier alpha value is -1.55. The molecular weight excluding hydrogens is 302 g/mol. The van der Waals surface area contributed by atoms with Crippen LogP contribution in [0.15, 0.2) is 36.9 Å². The Bertz CT molecular complexity index is 563. The molecule has 1 aromatic rings. The number of benzene rings is 1. The zero-order chi connectivity index (χ0) is 17.5. The number of allylic oxidation sites excluding steroid dienone is 1. The van der Waals surface area contributed by atoms with Crippen molar-refractivity contribution in [3.8, 4) is 6.07 Å². The van der Waals surface area contributed by atoms with Gasteiger partial charge in [0.2, 0.25) is 0 Å². The molecule has 0 radical (unpaired) electrons. The molecule has 0 heterocycles. The highest BCUT2D eigenvalue weighted by Crippen LogP contribution is 2.40. The maximum atomic E-state index is 8.93. The standard InChI is InChI=1S/C24H33N/c1-2-3-19-4-6-20(7-5-19)8-9-21-10-14-23(15-11-21)24-16-12-22(18-25)13-17-24/h2,12-13,16-17,19-21,23H,1,3-11,14-15H2. The summed E-state index contributed by atoms with van der Waals surface area (Å²) in [5.41, 5.74) is 2.22. The highest BCUT2D eigenvalue weighted by Gasteiger charge is 2.25. The van der Waals surface area contributed by atoms with Crippen molar-refractivity contribution < 1.29 is 0 Å². The van der Waals surface area contributed by atoms with Crippen molar-refractivity contribution in [2.75, 3.05) is 0 Å². The Morgan fingerprint density at radius 3 is 1.88 bits per heavy atom. The minimum atomic E-state index is 0.721. The fourth-order valence-corrected chi connectivity index (χ4v) is 5.08. The molecule has 0 atom stereocenters. The van der Waals surface area contributed by atoms with Gasteiger partial charge in [0.05, 0.1) is 11.6 Å². The molecule has 0 amide bonds. The molecular formula is C24H33N. The summed E-state index contributed by atoms with van der Waals surface area (Å²) < 4.78 is 0. The van der Waals surface area contributed by atoms with Gasteiger partial charge in [-0.3, -0.25) is 0 Å². The lowest BCUT2D eigenvalue weighted by molar-refractivity contribution is 0.231. The maximum Gasteiger partial charge on any atom is 0.0991 e. The monoisotopic (exact) mass is 335 g/mol. The van der Waals surface area contributed by atoms with E-state index in [1.54, 1.807) is 0 Å². The molecule has 1 nitrogen and oxygen atoms in total. The van der Waals surface area contributed by atoms with Crippen molar-refractivity contribution in [1.29, 1.82) is 5.26 Å². The second-order valence-electron chi connectivity index (χ2n) is 8.44. The molecule has 2 aliphatic rings. The van der Waals surface area contributed by atoms with Gasteiger partial charge in [-0.25, -0.2) is 0 Å². The maximum absolute atomic E-state index is 8.93. The highest BCUT2D eigenvalue weighted by atomic mass is 14.3. The van der Waals surface area contributed by atoms with E-state index in [-0.39, 0.29) is 0 Å². The zero-order valence-electron chi connectivity index (χ0n) is 15.6. The van der Waals surface area contributed by atoms with Crippen LogP contribution in [0, 0.1) is 29.1 Å². The molecule has 0 spiro atoms. The molecule has 2 saturated carbocycles. The van der Waals surface area contributed by atoms with Crippen LogP contribution >= 0.6 is 0 Å². The second-order valence-corrected chi connectivity index (χ2v) is 8.44. The Labute approximate surface area is 154 Å². The molecule has 0 aliphatic heterocycles. The van der Waals surface area contributed by atoms with Gasteiger partial charge in [0, 0.05) is 0 Å². The van der Waals surface area contributed by atoms with Crippen molar-refractivity contribution >= 4 is 0 Å². The van der Waals surface area contributed by atoms with E-state index in [4.69, 9.17) is 5.26 Å². The van der Waals surface area contributed by atoms with Crippen molar-refractivity contribution in [1.82, 2.24) is 0 Å². The van der Waals surface area contributed by atoms with Crippen LogP contribution in [-0.2, 0) is 0 Å². The smallest absolute Gasteiger partial charge is 0.0991 e. The first-order valence-electron chi connectivity index (χ1n) is 10.4. The van der Waals surface area contributed by atoms with E-state index in [2.05, 4.69) is 30.9 Å². The molecule has 134 valence electrons. The normalized spacial score (nSPS) is 29.7. The quantitative estimate of drug-likeness (QED) is 0.514. The van der Waals surface area contributed by atoms with Crippen molar-refractivity contribution in [3.63, 3.8) is 0 Å². The van der Waals surface area contributed by atoms with E-state index >= 15 is 0 Å². The van der Waals surface area contributed by atoms with Gasteiger partial charge in [0.15, 0.2) is 0 Å². The molecule has 25 heavy (non-hydrogen) atoms. The molecule has 2 fully saturated rings. The minimum absolute atomic E-state index is 0.721. The number of hydrogen-bond donors (Lipinski definition) is 0. The van der Waals surface area contributed by atoms with E-state index in [0.717, 1.165) is 29.2 Å². The van der Waals surface area contributed by atoms with Crippen LogP contribution in [0.1, 0.15) is 87.7 Å². The van der Waals surface area contributed by atoms with Crippen LogP contribution in [0.25, 0.3) is 0 Å². The fraction of sp³-hybridized carbons (Fsp3) is 0.625. The topological polar surface area (TPSA) is 23.8 Å². The third kappa shape index (κ3) is 5.21. The van der Waals surface area contributed by atoms with Gasteiger partial charge < -0.3 is 0 Å². The molecule has 0 bridgehead atoms. The van der Waals surface area contributed by atoms with Crippen molar-refractivity contribution in [2.24, 2.45) is 17.8 Å². The van der Waals surface area contributed by atoms with Gasteiger partial charge in [-0.2, -0.15) is 5.26 Å². The van der Waals surface area contributed by atoms with Crippen LogP contribution in [0.4, 0.5) is 0 Å². The summed E-state index contributed by atoms with van der Waals surface area (Å²) in [5, 5.41) is 8.93. The van der Waals surface area contributed by atoms with E-state index < -0.39 is 0 Å². The third-order valence-corrected chi connectivity index (χ3v) is 6.81. The largest absolute Gasteiger partial charge is 0.192 e. The van der Waals surface area contributed by atoms with Gasteiger partial charge >= 0.3 is 0 Å². The number of rotatable bonds is 6. The molecule has 2 aliphatic carbocycles. The predicted octanol–water partition coefficient (Wildman–Crippen LogP) is 6.99. The lowest BCUT2D eigenvalue weighted by atomic mass is 9.74. The summed E-state index contributed by atoms with van der Waals surface area (Å²) in [6.45, 7) is 3.89. The van der Waals surface area contributed by atoms with Crippen LogP contribution in [0.2, 0.25) is 0 Å². The zero-order valence-corrected chi connectivity index (χ0v) is 15.6. The molecule has 1 aromatic carbocycles. The highest BCUT2D eigenvalue weighted by molar-refractivity contribution is 5.33. The molecule has 0 unspecified atom stereocenters. The summed E-state index contributed by atoms with van der Waals surface area (Å²) in [6, 6.07) is 10.5. The average Bonchev–Trinajstić information content (AvgIpc) is 2.68. The first kappa shape index (κ1) is 18.2. The number of nitriles is 1. The van der Waals surface area contributed by atoms with Gasteiger partial charge in [-0.15, -0.1) is 6.58 Å². The predicted molar refractivity (Wildman–Crippen MR) is 105 cm³/mol. The van der Waals surface area contributed by atoms with E-state index in [1.807, 2.05) is 12.1 Å². The summed E-state index contributed by atoms with van der Waals surface area (Å²) in [7, 11) is 0.